The molecule has 18 heavy (non-hydrogen) atoms. The Morgan fingerprint density at radius 3 is 2.50 bits per heavy atom. The summed E-state index contributed by atoms with van der Waals surface area (Å²) in [6, 6.07) is 9.95. The fourth-order valence-corrected chi connectivity index (χ4v) is 2.11. The Morgan fingerprint density at radius 2 is 1.83 bits per heavy atom. The van der Waals surface area contributed by atoms with E-state index in [9.17, 15) is 4.79 Å². The maximum atomic E-state index is 11.7. The summed E-state index contributed by atoms with van der Waals surface area (Å²) in [4.78, 5) is 14.0. The number of carbonyl (C=O) groups is 1. The summed E-state index contributed by atoms with van der Waals surface area (Å²) in [6.45, 7) is 3.24. The van der Waals surface area contributed by atoms with Crippen LogP contribution < -0.4 is 0 Å². The van der Waals surface area contributed by atoms with Gasteiger partial charge in [-0.15, -0.1) is 12.4 Å². The Morgan fingerprint density at radius 1 is 1.17 bits per heavy atom. The Hall–Kier alpha value is -1.12. The van der Waals surface area contributed by atoms with Gasteiger partial charge in [0, 0.05) is 13.0 Å². The van der Waals surface area contributed by atoms with Crippen LogP contribution in [0.25, 0.3) is 6.08 Å². The van der Waals surface area contributed by atoms with Crippen molar-refractivity contribution in [2.24, 2.45) is 0 Å². The molecule has 1 aromatic rings. The lowest BCUT2D eigenvalue weighted by atomic mass is 10.2. The fraction of sp³-hybridized carbons (Fsp3) is 0.400. The molecule has 2 nitrogen and oxygen atoms in total. The molecule has 98 valence electrons. The summed E-state index contributed by atoms with van der Waals surface area (Å²) in [6.07, 6.45) is 6.81. The van der Waals surface area contributed by atoms with Crippen molar-refractivity contribution in [2.75, 3.05) is 19.6 Å². The number of hydrogen-bond donors (Lipinski definition) is 0. The molecular formula is C15H20ClNO. The molecule has 0 aromatic heterocycles. The lowest BCUT2D eigenvalue weighted by Gasteiger charge is -2.12. The van der Waals surface area contributed by atoms with Gasteiger partial charge in [-0.25, -0.2) is 0 Å². The van der Waals surface area contributed by atoms with E-state index in [2.05, 4.69) is 4.90 Å². The van der Waals surface area contributed by atoms with E-state index in [0.29, 0.717) is 6.42 Å². The Kier molecular flexibility index (Phi) is 6.69. The smallest absolute Gasteiger partial charge is 0.156 e. The number of nitrogens with zero attached hydrogens (tertiary/aromatic N) is 1. The van der Waals surface area contributed by atoms with Crippen LogP contribution >= 0.6 is 12.4 Å². The quantitative estimate of drug-likeness (QED) is 0.762. The number of benzene rings is 1. The van der Waals surface area contributed by atoms with E-state index < -0.39 is 0 Å². The molecule has 1 heterocycles. The second kappa shape index (κ2) is 8.06. The molecule has 1 saturated heterocycles. The zero-order valence-electron chi connectivity index (χ0n) is 10.5. The number of ketones is 1. The summed E-state index contributed by atoms with van der Waals surface area (Å²) in [5.41, 5.74) is 1.09. The molecule has 1 fully saturated rings. The molecule has 1 aromatic carbocycles. The molecule has 0 N–H and O–H groups in total. The maximum Gasteiger partial charge on any atom is 0.156 e. The van der Waals surface area contributed by atoms with E-state index in [-0.39, 0.29) is 18.2 Å². The van der Waals surface area contributed by atoms with Crippen LogP contribution in [0.3, 0.4) is 0 Å². The topological polar surface area (TPSA) is 20.3 Å². The van der Waals surface area contributed by atoms with Crippen LogP contribution in [0.4, 0.5) is 0 Å². The predicted octanol–water partition coefficient (Wildman–Crippen LogP) is 3.18. The van der Waals surface area contributed by atoms with Crippen LogP contribution in [0.2, 0.25) is 0 Å². The highest BCUT2D eigenvalue weighted by Gasteiger charge is 2.11. The molecule has 0 aliphatic carbocycles. The summed E-state index contributed by atoms with van der Waals surface area (Å²) in [7, 11) is 0. The van der Waals surface area contributed by atoms with Crippen molar-refractivity contribution >= 4 is 24.3 Å². The largest absolute Gasteiger partial charge is 0.303 e. The average Bonchev–Trinajstić information content (AvgIpc) is 2.88. The second-order valence-corrected chi connectivity index (χ2v) is 4.51. The number of rotatable bonds is 5. The minimum absolute atomic E-state index is 0. The molecule has 3 heteroatoms. The van der Waals surface area contributed by atoms with Crippen molar-refractivity contribution in [3.63, 3.8) is 0 Å². The van der Waals surface area contributed by atoms with Gasteiger partial charge in [-0.1, -0.05) is 36.4 Å². The first-order valence-corrected chi connectivity index (χ1v) is 6.33. The van der Waals surface area contributed by atoms with E-state index in [4.69, 9.17) is 0 Å². The fourth-order valence-electron chi connectivity index (χ4n) is 2.11. The normalized spacial score (nSPS) is 15.8. The number of hydrogen-bond acceptors (Lipinski definition) is 2. The number of allylic oxidation sites excluding steroid dienone is 1. The SMILES string of the molecule is Cl.O=C(/C=C\c1ccccc1)CCN1CCCC1. The van der Waals surface area contributed by atoms with E-state index in [1.165, 1.54) is 12.8 Å². The van der Waals surface area contributed by atoms with Crippen molar-refractivity contribution in [2.45, 2.75) is 19.3 Å². The van der Waals surface area contributed by atoms with Crippen LogP contribution in [0.1, 0.15) is 24.8 Å². The molecule has 1 aliphatic rings. The molecule has 0 amide bonds. The van der Waals surface area contributed by atoms with Crippen LogP contribution in [-0.2, 0) is 4.79 Å². The Bertz CT molecular complexity index is 383. The van der Waals surface area contributed by atoms with Crippen molar-refractivity contribution in [1.29, 1.82) is 0 Å². The van der Waals surface area contributed by atoms with Crippen molar-refractivity contribution < 1.29 is 4.79 Å². The molecule has 0 saturated carbocycles. The highest BCUT2D eigenvalue weighted by molar-refractivity contribution is 5.93. The van der Waals surface area contributed by atoms with Gasteiger partial charge in [0.05, 0.1) is 0 Å². The standard InChI is InChI=1S/C15H19NO.ClH/c17-15(10-13-16-11-4-5-12-16)9-8-14-6-2-1-3-7-14;/h1-3,6-9H,4-5,10-13H2;1H/b9-8-;. The van der Waals surface area contributed by atoms with Crippen LogP contribution in [0, 0.1) is 0 Å². The van der Waals surface area contributed by atoms with Gasteiger partial charge >= 0.3 is 0 Å². The zero-order valence-corrected chi connectivity index (χ0v) is 11.4. The lowest BCUT2D eigenvalue weighted by molar-refractivity contribution is -0.114. The second-order valence-electron chi connectivity index (χ2n) is 4.51. The maximum absolute atomic E-state index is 11.7. The monoisotopic (exact) mass is 265 g/mol. The van der Waals surface area contributed by atoms with Crippen molar-refractivity contribution in [3.8, 4) is 0 Å². The van der Waals surface area contributed by atoms with Gasteiger partial charge in [-0.05, 0) is 37.6 Å². The van der Waals surface area contributed by atoms with Gasteiger partial charge in [-0.3, -0.25) is 4.79 Å². The third-order valence-electron chi connectivity index (χ3n) is 3.13. The van der Waals surface area contributed by atoms with E-state index in [1.54, 1.807) is 6.08 Å². The molecule has 2 rings (SSSR count). The first-order chi connectivity index (χ1) is 8.34. The minimum Gasteiger partial charge on any atom is -0.303 e. The molecular weight excluding hydrogens is 246 g/mol. The van der Waals surface area contributed by atoms with Gasteiger partial charge in [0.1, 0.15) is 0 Å². The predicted molar refractivity (Wildman–Crippen MR) is 78.0 cm³/mol. The van der Waals surface area contributed by atoms with Crippen molar-refractivity contribution in [3.05, 3.63) is 42.0 Å². The van der Waals surface area contributed by atoms with Gasteiger partial charge in [0.15, 0.2) is 5.78 Å². The third kappa shape index (κ3) is 5.03. The number of likely N-dealkylation sites (tertiary alicyclic amines) is 1. The van der Waals surface area contributed by atoms with Crippen LogP contribution in [0.15, 0.2) is 36.4 Å². The highest BCUT2D eigenvalue weighted by Crippen LogP contribution is 2.08. The van der Waals surface area contributed by atoms with E-state index in [1.807, 2.05) is 36.4 Å². The Balaban J connectivity index is 0.00000162. The summed E-state index contributed by atoms with van der Waals surface area (Å²) >= 11 is 0. The number of carbonyl (C=O) groups excluding carboxylic acids is 1. The highest BCUT2D eigenvalue weighted by atomic mass is 35.5. The van der Waals surface area contributed by atoms with E-state index >= 15 is 0 Å². The zero-order chi connectivity index (χ0) is 11.9. The Labute approximate surface area is 115 Å². The molecule has 0 atom stereocenters. The molecule has 0 unspecified atom stereocenters. The summed E-state index contributed by atoms with van der Waals surface area (Å²) < 4.78 is 0. The summed E-state index contributed by atoms with van der Waals surface area (Å²) in [5, 5.41) is 0. The minimum atomic E-state index is 0. The number of halogens is 1. The first kappa shape index (κ1) is 14.9. The molecule has 0 bridgehead atoms. The molecule has 1 aliphatic heterocycles. The van der Waals surface area contributed by atoms with Crippen molar-refractivity contribution in [1.82, 2.24) is 4.90 Å². The molecule has 0 spiro atoms. The van der Waals surface area contributed by atoms with Gasteiger partial charge in [0.25, 0.3) is 0 Å². The first-order valence-electron chi connectivity index (χ1n) is 6.33. The summed E-state index contributed by atoms with van der Waals surface area (Å²) in [5.74, 6) is 0.223. The molecule has 0 radical (unpaired) electrons. The average molecular weight is 266 g/mol. The third-order valence-corrected chi connectivity index (χ3v) is 3.13. The van der Waals surface area contributed by atoms with Gasteiger partial charge in [0.2, 0.25) is 0 Å². The van der Waals surface area contributed by atoms with Gasteiger partial charge in [-0.2, -0.15) is 0 Å². The van der Waals surface area contributed by atoms with Gasteiger partial charge < -0.3 is 4.90 Å². The van der Waals surface area contributed by atoms with Crippen LogP contribution in [0.5, 0.6) is 0 Å². The van der Waals surface area contributed by atoms with E-state index in [0.717, 1.165) is 25.2 Å². The van der Waals surface area contributed by atoms with Crippen LogP contribution in [-0.4, -0.2) is 30.3 Å². The lowest BCUT2D eigenvalue weighted by Crippen LogP contribution is -2.22.